The van der Waals surface area contributed by atoms with E-state index in [0.29, 0.717) is 18.0 Å². The molecule has 0 saturated carbocycles. The molecule has 3 aromatic carbocycles. The van der Waals surface area contributed by atoms with Gasteiger partial charge in [0.2, 0.25) is 5.89 Å². The highest BCUT2D eigenvalue weighted by Crippen LogP contribution is 2.35. The van der Waals surface area contributed by atoms with Gasteiger partial charge < -0.3 is 14.1 Å². The van der Waals surface area contributed by atoms with Crippen molar-refractivity contribution < 1.29 is 18.3 Å². The van der Waals surface area contributed by atoms with Gasteiger partial charge in [0.1, 0.15) is 23.1 Å². The van der Waals surface area contributed by atoms with Crippen molar-refractivity contribution in [3.63, 3.8) is 0 Å². The average Bonchev–Trinajstić information content (AvgIpc) is 3.45. The number of halogens is 1. The van der Waals surface area contributed by atoms with Gasteiger partial charge in [-0.2, -0.15) is 0 Å². The molecular formula is C25H21FN2O3. The molecular weight excluding hydrogens is 395 g/mol. The lowest BCUT2D eigenvalue weighted by molar-refractivity contribution is 0.0712. The van der Waals surface area contributed by atoms with E-state index in [1.54, 1.807) is 24.1 Å². The van der Waals surface area contributed by atoms with Gasteiger partial charge in [0, 0.05) is 6.54 Å². The molecule has 6 heteroatoms. The number of hydrogen-bond donors (Lipinski definition) is 0. The molecule has 0 bridgehead atoms. The van der Waals surface area contributed by atoms with Crippen molar-refractivity contribution in [2.24, 2.45) is 0 Å². The van der Waals surface area contributed by atoms with Crippen LogP contribution < -0.4 is 4.74 Å². The van der Waals surface area contributed by atoms with Gasteiger partial charge >= 0.3 is 0 Å². The molecule has 156 valence electrons. The Hall–Kier alpha value is -3.67. The number of carbonyl (C=O) groups excluding carboxylic acids is 1. The minimum absolute atomic E-state index is 0.0748. The third-order valence-electron chi connectivity index (χ3n) is 5.71. The molecule has 1 aliphatic rings. The van der Waals surface area contributed by atoms with E-state index in [-0.39, 0.29) is 17.5 Å². The van der Waals surface area contributed by atoms with Gasteiger partial charge in [-0.15, -0.1) is 0 Å². The first-order valence-corrected chi connectivity index (χ1v) is 10.2. The van der Waals surface area contributed by atoms with E-state index in [4.69, 9.17) is 9.15 Å². The van der Waals surface area contributed by atoms with E-state index in [0.717, 1.165) is 35.2 Å². The summed E-state index contributed by atoms with van der Waals surface area (Å²) < 4.78 is 25.5. The second-order valence-corrected chi connectivity index (χ2v) is 7.60. The number of rotatable bonds is 4. The molecule has 0 spiro atoms. The van der Waals surface area contributed by atoms with Crippen LogP contribution in [0.15, 0.2) is 71.1 Å². The fourth-order valence-electron chi connectivity index (χ4n) is 4.13. The smallest absolute Gasteiger partial charge is 0.257 e. The molecule has 1 saturated heterocycles. The molecule has 0 N–H and O–H groups in total. The monoisotopic (exact) mass is 416 g/mol. The third kappa shape index (κ3) is 3.54. The number of likely N-dealkylation sites (tertiary alicyclic amines) is 1. The summed E-state index contributed by atoms with van der Waals surface area (Å²) in [5, 5.41) is 0. The second kappa shape index (κ2) is 7.87. The zero-order valence-corrected chi connectivity index (χ0v) is 17.0. The van der Waals surface area contributed by atoms with Gasteiger partial charge in [-0.3, -0.25) is 4.79 Å². The number of hydrogen-bond acceptors (Lipinski definition) is 4. The largest absolute Gasteiger partial charge is 0.497 e. The fraction of sp³-hybridized carbons (Fsp3) is 0.200. The lowest BCUT2D eigenvalue weighted by Crippen LogP contribution is -2.31. The first-order valence-electron chi connectivity index (χ1n) is 10.2. The Balaban J connectivity index is 1.47. The highest BCUT2D eigenvalue weighted by Gasteiger charge is 2.35. The molecule has 1 unspecified atom stereocenters. The van der Waals surface area contributed by atoms with Crippen molar-refractivity contribution in [1.29, 1.82) is 0 Å². The lowest BCUT2D eigenvalue weighted by Gasteiger charge is -2.22. The molecule has 1 amide bonds. The Morgan fingerprint density at radius 2 is 1.94 bits per heavy atom. The molecule has 5 rings (SSSR count). The summed E-state index contributed by atoms with van der Waals surface area (Å²) >= 11 is 0. The number of amides is 1. The summed E-state index contributed by atoms with van der Waals surface area (Å²) in [7, 11) is 1.64. The Labute approximate surface area is 179 Å². The van der Waals surface area contributed by atoms with E-state index in [2.05, 4.69) is 4.98 Å². The van der Waals surface area contributed by atoms with E-state index >= 15 is 0 Å². The van der Waals surface area contributed by atoms with Crippen LogP contribution in [0, 0.1) is 5.82 Å². The first-order chi connectivity index (χ1) is 15.1. The van der Waals surface area contributed by atoms with Crippen LogP contribution >= 0.6 is 0 Å². The third-order valence-corrected chi connectivity index (χ3v) is 5.71. The normalized spacial score (nSPS) is 16.1. The predicted octanol–water partition coefficient (Wildman–Crippen LogP) is 5.62. The SMILES string of the molecule is COc1cccc(-c2ccc3oc(C4CCCN4C(=O)c4ccccc4F)nc3c2)c1. The van der Waals surface area contributed by atoms with Crippen LogP contribution in [0.3, 0.4) is 0 Å². The molecule has 4 aromatic rings. The number of nitrogens with zero attached hydrogens (tertiary/aromatic N) is 2. The maximum absolute atomic E-state index is 14.2. The van der Waals surface area contributed by atoms with E-state index in [1.165, 1.54) is 12.1 Å². The van der Waals surface area contributed by atoms with E-state index < -0.39 is 5.82 Å². The van der Waals surface area contributed by atoms with Gasteiger partial charge in [-0.25, -0.2) is 9.37 Å². The fourth-order valence-corrected chi connectivity index (χ4v) is 4.13. The van der Waals surface area contributed by atoms with Crippen molar-refractivity contribution in [1.82, 2.24) is 9.88 Å². The van der Waals surface area contributed by atoms with Crippen LogP contribution in [0.25, 0.3) is 22.2 Å². The van der Waals surface area contributed by atoms with E-state index in [9.17, 15) is 9.18 Å². The molecule has 5 nitrogen and oxygen atoms in total. The van der Waals surface area contributed by atoms with Crippen LogP contribution in [0.2, 0.25) is 0 Å². The summed E-state index contributed by atoms with van der Waals surface area (Å²) in [4.78, 5) is 19.3. The molecule has 1 aromatic heterocycles. The van der Waals surface area contributed by atoms with Gasteiger partial charge in [0.05, 0.1) is 12.7 Å². The van der Waals surface area contributed by atoms with Crippen LogP contribution in [0.5, 0.6) is 5.75 Å². The molecule has 0 aliphatic carbocycles. The zero-order chi connectivity index (χ0) is 21.4. The summed E-state index contributed by atoms with van der Waals surface area (Å²) in [6, 6.07) is 19.4. The zero-order valence-electron chi connectivity index (χ0n) is 17.0. The molecule has 0 radical (unpaired) electrons. The number of aromatic nitrogens is 1. The van der Waals surface area contributed by atoms with Crippen LogP contribution in [-0.2, 0) is 0 Å². The number of methoxy groups -OCH3 is 1. The Morgan fingerprint density at radius 3 is 2.77 bits per heavy atom. The maximum atomic E-state index is 14.2. The second-order valence-electron chi connectivity index (χ2n) is 7.60. The number of carbonyl (C=O) groups is 1. The highest BCUT2D eigenvalue weighted by atomic mass is 19.1. The van der Waals surface area contributed by atoms with E-state index in [1.807, 2.05) is 42.5 Å². The predicted molar refractivity (Wildman–Crippen MR) is 115 cm³/mol. The Morgan fingerprint density at radius 1 is 1.10 bits per heavy atom. The van der Waals surface area contributed by atoms with Gasteiger partial charge in [0.15, 0.2) is 5.58 Å². The minimum atomic E-state index is -0.515. The van der Waals surface area contributed by atoms with Gasteiger partial charge in [-0.1, -0.05) is 30.3 Å². The molecule has 1 fully saturated rings. The number of fused-ring (bicyclic) bond motifs is 1. The van der Waals surface area contributed by atoms with Crippen molar-refractivity contribution in [3.8, 4) is 16.9 Å². The molecule has 2 heterocycles. The van der Waals surface area contributed by atoms with Crippen molar-refractivity contribution in [2.45, 2.75) is 18.9 Å². The minimum Gasteiger partial charge on any atom is -0.497 e. The van der Waals surface area contributed by atoms with Crippen molar-refractivity contribution in [2.75, 3.05) is 13.7 Å². The summed E-state index contributed by atoms with van der Waals surface area (Å²) in [5.41, 5.74) is 3.47. The maximum Gasteiger partial charge on any atom is 0.257 e. The molecule has 1 aliphatic heterocycles. The summed E-state index contributed by atoms with van der Waals surface area (Å²) in [6.07, 6.45) is 1.55. The highest BCUT2D eigenvalue weighted by molar-refractivity contribution is 5.95. The van der Waals surface area contributed by atoms with Crippen LogP contribution in [0.4, 0.5) is 4.39 Å². The van der Waals surface area contributed by atoms with Crippen LogP contribution in [-0.4, -0.2) is 29.4 Å². The summed E-state index contributed by atoms with van der Waals surface area (Å²) in [5.74, 6) is 0.422. The average molecular weight is 416 g/mol. The van der Waals surface area contributed by atoms with Crippen molar-refractivity contribution in [3.05, 3.63) is 84.0 Å². The molecule has 31 heavy (non-hydrogen) atoms. The number of ether oxygens (including phenoxy) is 1. The van der Waals surface area contributed by atoms with Crippen LogP contribution in [0.1, 0.15) is 35.1 Å². The Bertz CT molecular complexity index is 1270. The summed E-state index contributed by atoms with van der Waals surface area (Å²) in [6.45, 7) is 0.547. The van der Waals surface area contributed by atoms with Gasteiger partial charge in [0.25, 0.3) is 5.91 Å². The van der Waals surface area contributed by atoms with Crippen molar-refractivity contribution >= 4 is 17.0 Å². The quantitative estimate of drug-likeness (QED) is 0.433. The van der Waals surface area contributed by atoms with Gasteiger partial charge in [-0.05, 0) is 60.4 Å². The lowest BCUT2D eigenvalue weighted by atomic mass is 10.1. The number of oxazole rings is 1. The standard InChI is InChI=1S/C25H21FN2O3/c1-30-18-7-4-6-16(14-18)17-11-12-23-21(15-17)27-24(31-23)22-10-5-13-28(22)25(29)19-8-2-3-9-20(19)26/h2-4,6-9,11-12,14-15,22H,5,10,13H2,1H3. The molecule has 1 atom stereocenters. The first kappa shape index (κ1) is 19.3. The number of benzene rings is 3. The topological polar surface area (TPSA) is 55.6 Å². The Kier molecular flexibility index (Phi) is 4.90.